The molecule has 0 bridgehead atoms. The third-order valence-electron chi connectivity index (χ3n) is 3.89. The van der Waals surface area contributed by atoms with Crippen molar-refractivity contribution in [2.45, 2.75) is 60.3 Å². The Labute approximate surface area is 89.1 Å². The maximum Gasteiger partial charge on any atom is 0.00130 e. The van der Waals surface area contributed by atoms with E-state index in [-0.39, 0.29) is 0 Å². The van der Waals surface area contributed by atoms with Crippen LogP contribution < -0.4 is 0 Å². The molecule has 1 aliphatic carbocycles. The van der Waals surface area contributed by atoms with E-state index in [0.717, 1.165) is 5.92 Å². The Kier molecular flexibility index (Phi) is 3.97. The van der Waals surface area contributed by atoms with E-state index in [0.29, 0.717) is 0 Å². The summed E-state index contributed by atoms with van der Waals surface area (Å²) < 4.78 is 0. The summed E-state index contributed by atoms with van der Waals surface area (Å²) in [5.74, 6) is 0.765. The molecule has 0 aromatic carbocycles. The molecule has 0 aromatic heterocycles. The molecule has 0 saturated carbocycles. The SMILES string of the molecule is CCCCCC1C(C)=C(C)C(C)=C1C. The van der Waals surface area contributed by atoms with Crippen LogP contribution in [0.15, 0.2) is 22.3 Å². The minimum Gasteiger partial charge on any atom is -0.0654 e. The Balaban J connectivity index is 2.63. The van der Waals surface area contributed by atoms with Crippen molar-refractivity contribution in [3.05, 3.63) is 22.3 Å². The zero-order valence-electron chi connectivity index (χ0n) is 10.4. The van der Waals surface area contributed by atoms with Crippen molar-refractivity contribution in [2.75, 3.05) is 0 Å². The molecule has 1 rings (SSSR count). The van der Waals surface area contributed by atoms with Crippen molar-refractivity contribution in [3.63, 3.8) is 0 Å². The van der Waals surface area contributed by atoms with E-state index in [4.69, 9.17) is 0 Å². The van der Waals surface area contributed by atoms with Crippen molar-refractivity contribution in [2.24, 2.45) is 5.92 Å². The van der Waals surface area contributed by atoms with Gasteiger partial charge in [0.1, 0.15) is 0 Å². The van der Waals surface area contributed by atoms with Gasteiger partial charge < -0.3 is 0 Å². The predicted octanol–water partition coefficient (Wildman–Crippen LogP) is 4.87. The molecule has 0 spiro atoms. The minimum absolute atomic E-state index is 0.765. The van der Waals surface area contributed by atoms with E-state index in [1.807, 2.05) is 0 Å². The zero-order chi connectivity index (χ0) is 10.7. The Bertz CT molecular complexity index is 242. The lowest BCUT2D eigenvalue weighted by Gasteiger charge is -2.14. The monoisotopic (exact) mass is 192 g/mol. The van der Waals surface area contributed by atoms with Gasteiger partial charge >= 0.3 is 0 Å². The van der Waals surface area contributed by atoms with Gasteiger partial charge in [0.2, 0.25) is 0 Å². The normalized spacial score (nSPS) is 18.6. The van der Waals surface area contributed by atoms with Crippen LogP contribution in [0.4, 0.5) is 0 Å². The largest absolute Gasteiger partial charge is 0.0654 e. The molecule has 0 amide bonds. The minimum atomic E-state index is 0.765. The second kappa shape index (κ2) is 4.82. The van der Waals surface area contributed by atoms with E-state index in [2.05, 4.69) is 34.6 Å². The molecule has 0 heteroatoms. The molecular formula is C14H24. The van der Waals surface area contributed by atoms with Gasteiger partial charge in [0.05, 0.1) is 0 Å². The zero-order valence-corrected chi connectivity index (χ0v) is 10.4. The standard InChI is InChI=1S/C14H24/c1-6-7-8-9-14-12(4)10(2)11(3)13(14)5/h14H,6-9H2,1-5H3. The lowest BCUT2D eigenvalue weighted by Crippen LogP contribution is -2.00. The smallest absolute Gasteiger partial charge is 0.00130 e. The molecule has 80 valence electrons. The molecule has 0 N–H and O–H groups in total. The number of rotatable bonds is 4. The van der Waals surface area contributed by atoms with Crippen molar-refractivity contribution >= 4 is 0 Å². The van der Waals surface area contributed by atoms with Gasteiger partial charge in [-0.05, 0) is 45.3 Å². The Morgan fingerprint density at radius 3 is 1.79 bits per heavy atom. The molecule has 0 fully saturated rings. The van der Waals surface area contributed by atoms with Crippen LogP contribution in [0.2, 0.25) is 0 Å². The van der Waals surface area contributed by atoms with E-state index in [1.54, 1.807) is 22.3 Å². The maximum atomic E-state index is 2.31. The summed E-state index contributed by atoms with van der Waals surface area (Å²) in [5, 5.41) is 0. The molecular weight excluding hydrogens is 168 g/mol. The van der Waals surface area contributed by atoms with Crippen LogP contribution in [0, 0.1) is 5.92 Å². The summed E-state index contributed by atoms with van der Waals surface area (Å²) in [5.41, 5.74) is 6.33. The highest BCUT2D eigenvalue weighted by atomic mass is 14.3. The maximum absolute atomic E-state index is 2.31. The fraction of sp³-hybridized carbons (Fsp3) is 0.714. The average molecular weight is 192 g/mol. The number of allylic oxidation sites excluding steroid dienone is 4. The highest BCUT2D eigenvalue weighted by Crippen LogP contribution is 2.39. The molecule has 0 unspecified atom stereocenters. The third-order valence-corrected chi connectivity index (χ3v) is 3.89. The van der Waals surface area contributed by atoms with Gasteiger partial charge in [-0.2, -0.15) is 0 Å². The molecule has 1 aliphatic rings. The first kappa shape index (κ1) is 11.6. The molecule has 0 nitrogen and oxygen atoms in total. The van der Waals surface area contributed by atoms with Gasteiger partial charge in [0.15, 0.2) is 0 Å². The first-order valence-corrected chi connectivity index (χ1v) is 5.94. The summed E-state index contributed by atoms with van der Waals surface area (Å²) in [6.07, 6.45) is 5.46. The van der Waals surface area contributed by atoms with E-state index in [1.165, 1.54) is 25.7 Å². The molecule has 0 atom stereocenters. The average Bonchev–Trinajstić information content (AvgIpc) is 2.35. The van der Waals surface area contributed by atoms with E-state index < -0.39 is 0 Å². The van der Waals surface area contributed by atoms with Gasteiger partial charge in [-0.3, -0.25) is 0 Å². The molecule has 14 heavy (non-hydrogen) atoms. The first-order valence-electron chi connectivity index (χ1n) is 5.94. The second-order valence-electron chi connectivity index (χ2n) is 4.66. The predicted molar refractivity (Wildman–Crippen MR) is 64.4 cm³/mol. The van der Waals surface area contributed by atoms with Crippen molar-refractivity contribution < 1.29 is 0 Å². The van der Waals surface area contributed by atoms with Crippen LogP contribution in [0.3, 0.4) is 0 Å². The van der Waals surface area contributed by atoms with Crippen molar-refractivity contribution in [3.8, 4) is 0 Å². The Hall–Kier alpha value is -0.520. The van der Waals surface area contributed by atoms with Gasteiger partial charge in [0.25, 0.3) is 0 Å². The van der Waals surface area contributed by atoms with Crippen molar-refractivity contribution in [1.29, 1.82) is 0 Å². The van der Waals surface area contributed by atoms with Gasteiger partial charge in [-0.25, -0.2) is 0 Å². The fourth-order valence-corrected chi connectivity index (χ4v) is 2.47. The number of hydrogen-bond acceptors (Lipinski definition) is 0. The van der Waals surface area contributed by atoms with Crippen LogP contribution in [0.25, 0.3) is 0 Å². The quantitative estimate of drug-likeness (QED) is 0.557. The van der Waals surface area contributed by atoms with Crippen LogP contribution in [-0.4, -0.2) is 0 Å². The fourth-order valence-electron chi connectivity index (χ4n) is 2.47. The van der Waals surface area contributed by atoms with Gasteiger partial charge in [-0.1, -0.05) is 37.3 Å². The van der Waals surface area contributed by atoms with Crippen molar-refractivity contribution in [1.82, 2.24) is 0 Å². The summed E-state index contributed by atoms with van der Waals surface area (Å²) in [4.78, 5) is 0. The molecule has 0 saturated heterocycles. The third kappa shape index (κ3) is 2.10. The Morgan fingerprint density at radius 2 is 1.36 bits per heavy atom. The summed E-state index contributed by atoms with van der Waals surface area (Å²) in [6.45, 7) is 11.4. The highest BCUT2D eigenvalue weighted by Gasteiger charge is 2.23. The van der Waals surface area contributed by atoms with Crippen LogP contribution in [0.5, 0.6) is 0 Å². The summed E-state index contributed by atoms with van der Waals surface area (Å²) in [7, 11) is 0. The van der Waals surface area contributed by atoms with Gasteiger partial charge in [0, 0.05) is 5.92 Å². The van der Waals surface area contributed by atoms with Crippen LogP contribution in [-0.2, 0) is 0 Å². The number of unbranched alkanes of at least 4 members (excludes halogenated alkanes) is 2. The Morgan fingerprint density at radius 1 is 0.857 bits per heavy atom. The highest BCUT2D eigenvalue weighted by molar-refractivity contribution is 5.46. The first-order chi connectivity index (χ1) is 6.59. The molecule has 0 aromatic rings. The van der Waals surface area contributed by atoms with E-state index >= 15 is 0 Å². The van der Waals surface area contributed by atoms with E-state index in [9.17, 15) is 0 Å². The molecule has 0 aliphatic heterocycles. The second-order valence-corrected chi connectivity index (χ2v) is 4.66. The van der Waals surface area contributed by atoms with Crippen LogP contribution in [0.1, 0.15) is 60.3 Å². The summed E-state index contributed by atoms with van der Waals surface area (Å²) >= 11 is 0. The molecule has 0 radical (unpaired) electrons. The lowest BCUT2D eigenvalue weighted by atomic mass is 9.91. The summed E-state index contributed by atoms with van der Waals surface area (Å²) in [6, 6.07) is 0. The molecule has 0 heterocycles. The lowest BCUT2D eigenvalue weighted by molar-refractivity contribution is 0.577. The topological polar surface area (TPSA) is 0 Å². The van der Waals surface area contributed by atoms with Crippen LogP contribution >= 0.6 is 0 Å². The van der Waals surface area contributed by atoms with Gasteiger partial charge in [-0.15, -0.1) is 0 Å². The number of hydrogen-bond donors (Lipinski definition) is 0.